The number of nitrogens with zero attached hydrogens (tertiary/aromatic N) is 7. The van der Waals surface area contributed by atoms with E-state index in [2.05, 4.69) is 30.2 Å². The summed E-state index contributed by atoms with van der Waals surface area (Å²) in [5.41, 5.74) is 7.34. The van der Waals surface area contributed by atoms with E-state index in [1.54, 1.807) is 18.7 Å². The molecule has 5 rings (SSSR count). The highest BCUT2D eigenvalue weighted by Crippen LogP contribution is 2.30. The van der Waals surface area contributed by atoms with Crippen molar-refractivity contribution in [1.29, 1.82) is 0 Å². The van der Waals surface area contributed by atoms with Crippen LogP contribution in [0.25, 0.3) is 21.6 Å². The molecule has 1 saturated heterocycles. The zero-order valence-electron chi connectivity index (χ0n) is 17.4. The molecule has 1 aliphatic rings. The highest BCUT2D eigenvalue weighted by atomic mass is 32.1. The molecule has 5 heterocycles. The van der Waals surface area contributed by atoms with Crippen LogP contribution in [0.15, 0.2) is 37.3 Å². The number of imidazole rings is 1. The number of amides is 1. The van der Waals surface area contributed by atoms with Crippen LogP contribution in [0.5, 0.6) is 0 Å². The van der Waals surface area contributed by atoms with Crippen LogP contribution in [0.4, 0.5) is 15.3 Å². The van der Waals surface area contributed by atoms with Crippen LogP contribution in [0, 0.1) is 5.82 Å². The number of nitrogens with one attached hydrogen (secondary N) is 1. The number of ether oxygens (including phenoxy) is 1. The quantitative estimate of drug-likeness (QED) is 0.411. The number of hydrogen-bond donors (Lipinski definition) is 2. The van der Waals surface area contributed by atoms with Gasteiger partial charge in [-0.25, -0.2) is 29.3 Å². The average molecular weight is 470 g/mol. The van der Waals surface area contributed by atoms with Crippen molar-refractivity contribution in [1.82, 2.24) is 34.4 Å². The van der Waals surface area contributed by atoms with Crippen molar-refractivity contribution in [2.24, 2.45) is 5.73 Å². The smallest absolute Gasteiger partial charge is 0.237 e. The number of carbonyl (C=O) groups is 1. The lowest BCUT2D eigenvalue weighted by Crippen LogP contribution is -2.53. The number of anilines is 2. The van der Waals surface area contributed by atoms with E-state index in [1.807, 2.05) is 15.5 Å². The molecule has 0 aromatic carbocycles. The zero-order chi connectivity index (χ0) is 22.8. The standard InChI is InChI=1S/C20H20FN9O2S/c21-12-6-23-10-26-18(12)16-8-25-20(33-16)28-17-5-14-13(7-24-17)27-11-30(14)2-1-29-3-4-32-9-15(29)19(22)31/h5-8,10-11,15H,1-4,9H2,(H2,22,31)(H,24,25,28). The van der Waals surface area contributed by atoms with Crippen LogP contribution in [0.1, 0.15) is 0 Å². The number of pyridine rings is 1. The molecule has 1 amide bonds. The van der Waals surface area contributed by atoms with Crippen molar-refractivity contribution in [3.05, 3.63) is 43.1 Å². The van der Waals surface area contributed by atoms with E-state index in [1.165, 1.54) is 17.7 Å². The molecule has 3 N–H and O–H groups in total. The Morgan fingerprint density at radius 3 is 3.00 bits per heavy atom. The Hall–Kier alpha value is -3.55. The maximum Gasteiger partial charge on any atom is 0.237 e. The van der Waals surface area contributed by atoms with Gasteiger partial charge in [-0.15, -0.1) is 0 Å². The van der Waals surface area contributed by atoms with Gasteiger partial charge in [-0.2, -0.15) is 0 Å². The SMILES string of the molecule is NC(=O)C1COCCN1CCn1cnc2cnc(Nc3ncc(-c4ncncc4F)s3)cc21. The zero-order valence-corrected chi connectivity index (χ0v) is 18.2. The number of rotatable bonds is 7. The maximum absolute atomic E-state index is 13.9. The summed E-state index contributed by atoms with van der Waals surface area (Å²) in [4.78, 5) is 35.1. The fraction of sp³-hybridized carbons (Fsp3) is 0.300. The Morgan fingerprint density at radius 1 is 1.24 bits per heavy atom. The van der Waals surface area contributed by atoms with Crippen molar-refractivity contribution in [2.45, 2.75) is 12.6 Å². The molecule has 4 aromatic rings. The van der Waals surface area contributed by atoms with Crippen LogP contribution in [0.2, 0.25) is 0 Å². The Labute approximate surface area is 191 Å². The van der Waals surface area contributed by atoms with Crippen molar-refractivity contribution in [2.75, 3.05) is 31.6 Å². The number of primary amides is 1. The second kappa shape index (κ2) is 9.13. The highest BCUT2D eigenvalue weighted by molar-refractivity contribution is 7.18. The Balaban J connectivity index is 1.31. The topological polar surface area (TPSA) is 137 Å². The Bertz CT molecular complexity index is 1290. The number of hydrogen-bond acceptors (Lipinski definition) is 10. The van der Waals surface area contributed by atoms with E-state index in [0.29, 0.717) is 48.7 Å². The van der Waals surface area contributed by atoms with Gasteiger partial charge in [0.25, 0.3) is 0 Å². The first kappa shape index (κ1) is 21.3. The van der Waals surface area contributed by atoms with Gasteiger partial charge in [0.1, 0.15) is 29.4 Å². The molecular formula is C20H20FN9O2S. The van der Waals surface area contributed by atoms with Crippen molar-refractivity contribution < 1.29 is 13.9 Å². The number of nitrogens with two attached hydrogens (primary N) is 1. The number of morpholine rings is 1. The third kappa shape index (κ3) is 4.51. The monoisotopic (exact) mass is 469 g/mol. The molecule has 4 aromatic heterocycles. The molecule has 0 bridgehead atoms. The van der Waals surface area contributed by atoms with Gasteiger partial charge < -0.3 is 20.4 Å². The van der Waals surface area contributed by atoms with Crippen LogP contribution in [-0.2, 0) is 16.1 Å². The molecule has 0 saturated carbocycles. The first-order valence-electron chi connectivity index (χ1n) is 10.2. The molecule has 33 heavy (non-hydrogen) atoms. The number of aromatic nitrogens is 6. The normalized spacial score (nSPS) is 16.8. The fourth-order valence-electron chi connectivity index (χ4n) is 3.66. The molecule has 1 fully saturated rings. The predicted octanol–water partition coefficient (Wildman–Crippen LogP) is 1.41. The Kier molecular flexibility index (Phi) is 5.90. The van der Waals surface area contributed by atoms with E-state index in [0.717, 1.165) is 17.2 Å². The largest absolute Gasteiger partial charge is 0.378 e. The first-order valence-corrected chi connectivity index (χ1v) is 11.0. The summed E-state index contributed by atoms with van der Waals surface area (Å²) < 4.78 is 21.3. The lowest BCUT2D eigenvalue weighted by molar-refractivity contribution is -0.129. The second-order valence-corrected chi connectivity index (χ2v) is 8.43. The summed E-state index contributed by atoms with van der Waals surface area (Å²) in [6.45, 7) is 2.79. The first-order chi connectivity index (χ1) is 16.1. The molecule has 0 spiro atoms. The number of fused-ring (bicyclic) bond motifs is 1. The van der Waals surface area contributed by atoms with Crippen LogP contribution >= 0.6 is 11.3 Å². The molecular weight excluding hydrogens is 449 g/mol. The van der Waals surface area contributed by atoms with Crippen molar-refractivity contribution >= 4 is 39.2 Å². The molecule has 0 aliphatic carbocycles. The van der Waals surface area contributed by atoms with E-state index in [9.17, 15) is 9.18 Å². The highest BCUT2D eigenvalue weighted by Gasteiger charge is 2.27. The molecule has 13 heteroatoms. The summed E-state index contributed by atoms with van der Waals surface area (Å²) >= 11 is 1.26. The van der Waals surface area contributed by atoms with E-state index in [-0.39, 0.29) is 11.6 Å². The van der Waals surface area contributed by atoms with Crippen LogP contribution in [0.3, 0.4) is 0 Å². The van der Waals surface area contributed by atoms with E-state index < -0.39 is 11.9 Å². The summed E-state index contributed by atoms with van der Waals surface area (Å²) in [7, 11) is 0. The predicted molar refractivity (Wildman–Crippen MR) is 119 cm³/mol. The number of halogens is 1. The van der Waals surface area contributed by atoms with Gasteiger partial charge in [0, 0.05) is 31.9 Å². The van der Waals surface area contributed by atoms with Gasteiger partial charge >= 0.3 is 0 Å². The minimum atomic E-state index is -0.505. The van der Waals surface area contributed by atoms with Gasteiger partial charge in [-0.1, -0.05) is 11.3 Å². The van der Waals surface area contributed by atoms with Gasteiger partial charge in [0.2, 0.25) is 5.91 Å². The Morgan fingerprint density at radius 2 is 2.15 bits per heavy atom. The minimum absolute atomic E-state index is 0.203. The minimum Gasteiger partial charge on any atom is -0.378 e. The van der Waals surface area contributed by atoms with Gasteiger partial charge in [-0.05, 0) is 0 Å². The summed E-state index contributed by atoms with van der Waals surface area (Å²) in [5.74, 6) is -0.310. The van der Waals surface area contributed by atoms with Crippen LogP contribution < -0.4 is 11.1 Å². The maximum atomic E-state index is 13.9. The molecule has 0 radical (unpaired) electrons. The van der Waals surface area contributed by atoms with Crippen LogP contribution in [-0.4, -0.2) is 72.6 Å². The van der Waals surface area contributed by atoms with Gasteiger partial charge in [-0.3, -0.25) is 9.69 Å². The third-order valence-electron chi connectivity index (χ3n) is 5.34. The van der Waals surface area contributed by atoms with E-state index in [4.69, 9.17) is 10.5 Å². The molecule has 1 atom stereocenters. The van der Waals surface area contributed by atoms with E-state index >= 15 is 0 Å². The molecule has 1 unspecified atom stereocenters. The van der Waals surface area contributed by atoms with Crippen molar-refractivity contribution in [3.63, 3.8) is 0 Å². The second-order valence-electron chi connectivity index (χ2n) is 7.40. The lowest BCUT2D eigenvalue weighted by atomic mass is 10.2. The fourth-order valence-corrected chi connectivity index (χ4v) is 4.48. The summed E-state index contributed by atoms with van der Waals surface area (Å²) in [5, 5.41) is 3.71. The molecule has 11 nitrogen and oxygen atoms in total. The number of thiazole rings is 1. The summed E-state index contributed by atoms with van der Waals surface area (Å²) in [6, 6.07) is 1.45. The van der Waals surface area contributed by atoms with Gasteiger partial charge in [0.15, 0.2) is 10.9 Å². The summed E-state index contributed by atoms with van der Waals surface area (Å²) in [6.07, 6.45) is 7.39. The van der Waals surface area contributed by atoms with Gasteiger partial charge in [0.05, 0.1) is 42.3 Å². The van der Waals surface area contributed by atoms with Crippen molar-refractivity contribution in [3.8, 4) is 10.6 Å². The lowest BCUT2D eigenvalue weighted by Gasteiger charge is -2.33. The molecule has 1 aliphatic heterocycles. The number of carbonyl (C=O) groups excluding carboxylic acids is 1. The molecule has 170 valence electrons. The average Bonchev–Trinajstić information content (AvgIpc) is 3.45. The third-order valence-corrected chi connectivity index (χ3v) is 6.26.